The highest BCUT2D eigenvalue weighted by Gasteiger charge is 2.23. The quantitative estimate of drug-likeness (QED) is 0.304. The molecule has 0 spiro atoms. The maximum atomic E-state index is 13.6. The van der Waals surface area contributed by atoms with Crippen molar-refractivity contribution in [2.75, 3.05) is 40.0 Å². The zero-order valence-corrected chi connectivity index (χ0v) is 21.4. The van der Waals surface area contributed by atoms with E-state index in [2.05, 4.69) is 0 Å². The molecule has 3 aromatic rings. The van der Waals surface area contributed by atoms with Gasteiger partial charge in [-0.3, -0.25) is 9.59 Å². The number of rotatable bonds is 14. The van der Waals surface area contributed by atoms with Gasteiger partial charge in [0.15, 0.2) is 0 Å². The van der Waals surface area contributed by atoms with Crippen molar-refractivity contribution in [1.82, 2.24) is 9.80 Å². The molecule has 0 saturated carbocycles. The Morgan fingerprint density at radius 2 is 1.67 bits per heavy atom. The molecule has 0 fully saturated rings. The minimum Gasteiger partial charge on any atom is -0.497 e. The van der Waals surface area contributed by atoms with Gasteiger partial charge in [-0.25, -0.2) is 0 Å². The Labute approximate surface area is 213 Å². The first-order valence-electron chi connectivity index (χ1n) is 12.4. The molecular formula is C29H36N2O5. The zero-order valence-electron chi connectivity index (χ0n) is 21.4. The molecule has 0 bridgehead atoms. The number of hydrogen-bond acceptors (Lipinski definition) is 5. The van der Waals surface area contributed by atoms with E-state index in [1.807, 2.05) is 56.3 Å². The molecule has 0 aliphatic heterocycles. The number of carbonyl (C=O) groups excluding carboxylic acids is 2. The van der Waals surface area contributed by atoms with E-state index in [1.54, 1.807) is 41.2 Å². The first-order valence-corrected chi connectivity index (χ1v) is 12.4. The molecule has 2 aromatic carbocycles. The van der Waals surface area contributed by atoms with Gasteiger partial charge in [-0.2, -0.15) is 0 Å². The summed E-state index contributed by atoms with van der Waals surface area (Å²) in [6, 6.07) is 20.8. The van der Waals surface area contributed by atoms with Crippen molar-refractivity contribution in [3.63, 3.8) is 0 Å². The molecule has 2 amide bonds. The second kappa shape index (κ2) is 14.1. The Bertz CT molecular complexity index is 1080. The lowest BCUT2D eigenvalue weighted by molar-refractivity contribution is -0.132. The van der Waals surface area contributed by atoms with Crippen molar-refractivity contribution in [3.8, 4) is 5.75 Å². The average Bonchev–Trinajstić information content (AvgIpc) is 3.32. The Hall–Kier alpha value is -3.58. The third kappa shape index (κ3) is 8.27. The van der Waals surface area contributed by atoms with Gasteiger partial charge in [0, 0.05) is 31.9 Å². The van der Waals surface area contributed by atoms with Crippen LogP contribution in [0.25, 0.3) is 0 Å². The highest BCUT2D eigenvalue weighted by atomic mass is 16.5. The predicted octanol–water partition coefficient (Wildman–Crippen LogP) is 4.74. The minimum absolute atomic E-state index is 0.0224. The van der Waals surface area contributed by atoms with Crippen LogP contribution in [0.4, 0.5) is 0 Å². The van der Waals surface area contributed by atoms with E-state index in [-0.39, 0.29) is 18.4 Å². The molecule has 7 heteroatoms. The van der Waals surface area contributed by atoms with Gasteiger partial charge in [0.05, 0.1) is 13.7 Å². The number of hydrogen-bond donors (Lipinski definition) is 0. The molecule has 1 heterocycles. The van der Waals surface area contributed by atoms with E-state index in [0.29, 0.717) is 57.0 Å². The van der Waals surface area contributed by atoms with E-state index in [1.165, 1.54) is 0 Å². The van der Waals surface area contributed by atoms with Crippen LogP contribution < -0.4 is 4.74 Å². The largest absolute Gasteiger partial charge is 0.497 e. The molecular weight excluding hydrogens is 456 g/mol. The summed E-state index contributed by atoms with van der Waals surface area (Å²) in [5, 5.41) is 0. The fraction of sp³-hybridized carbons (Fsp3) is 0.379. The highest BCUT2D eigenvalue weighted by Crippen LogP contribution is 2.15. The number of benzene rings is 2. The molecule has 0 aliphatic rings. The summed E-state index contributed by atoms with van der Waals surface area (Å²) in [5.74, 6) is 1.87. The standard InChI is InChI=1S/C29H36N2O5/c1-4-35-20-8-18-31(29(33)25-12-15-26(34-3)16-13-25)22-28(32)30(21-27-14-11-23(2)36-27)19-17-24-9-6-5-7-10-24/h5-7,9-16H,4,8,17-22H2,1-3H3. The third-order valence-corrected chi connectivity index (χ3v) is 5.88. The minimum atomic E-state index is -0.195. The fourth-order valence-electron chi connectivity index (χ4n) is 3.89. The number of ether oxygens (including phenoxy) is 2. The summed E-state index contributed by atoms with van der Waals surface area (Å²) in [7, 11) is 1.58. The predicted molar refractivity (Wildman–Crippen MR) is 139 cm³/mol. The summed E-state index contributed by atoms with van der Waals surface area (Å²) in [4.78, 5) is 30.3. The van der Waals surface area contributed by atoms with Crippen LogP contribution in [0.5, 0.6) is 5.75 Å². The van der Waals surface area contributed by atoms with Gasteiger partial charge >= 0.3 is 0 Å². The van der Waals surface area contributed by atoms with Crippen LogP contribution >= 0.6 is 0 Å². The number of aryl methyl sites for hydroxylation is 1. The summed E-state index contributed by atoms with van der Waals surface area (Å²) in [6.45, 7) is 6.23. The van der Waals surface area contributed by atoms with Crippen LogP contribution in [-0.2, 0) is 22.5 Å². The van der Waals surface area contributed by atoms with E-state index >= 15 is 0 Å². The second-order valence-corrected chi connectivity index (χ2v) is 8.57. The molecule has 0 saturated heterocycles. The van der Waals surface area contributed by atoms with Crippen molar-refractivity contribution in [3.05, 3.63) is 89.4 Å². The topological polar surface area (TPSA) is 72.2 Å². The van der Waals surface area contributed by atoms with Crippen LogP contribution in [-0.4, -0.2) is 61.6 Å². The van der Waals surface area contributed by atoms with Crippen molar-refractivity contribution in [2.45, 2.75) is 33.2 Å². The van der Waals surface area contributed by atoms with Gasteiger partial charge < -0.3 is 23.7 Å². The zero-order chi connectivity index (χ0) is 25.8. The van der Waals surface area contributed by atoms with E-state index in [9.17, 15) is 9.59 Å². The molecule has 0 N–H and O–H groups in total. The number of nitrogens with zero attached hydrogens (tertiary/aromatic N) is 2. The molecule has 0 aliphatic carbocycles. The van der Waals surface area contributed by atoms with Gasteiger partial charge in [0.25, 0.3) is 5.91 Å². The molecule has 0 unspecified atom stereocenters. The molecule has 3 rings (SSSR count). The number of methoxy groups -OCH3 is 1. The van der Waals surface area contributed by atoms with Crippen molar-refractivity contribution < 1.29 is 23.5 Å². The number of furan rings is 1. The van der Waals surface area contributed by atoms with Crippen molar-refractivity contribution >= 4 is 11.8 Å². The first kappa shape index (κ1) is 27.0. The molecule has 36 heavy (non-hydrogen) atoms. The lowest BCUT2D eigenvalue weighted by Gasteiger charge is -2.27. The van der Waals surface area contributed by atoms with Gasteiger partial charge in [-0.05, 0) is 68.7 Å². The summed E-state index contributed by atoms with van der Waals surface area (Å²) in [6.07, 6.45) is 1.35. The normalized spacial score (nSPS) is 10.8. The van der Waals surface area contributed by atoms with E-state index in [4.69, 9.17) is 13.9 Å². The monoisotopic (exact) mass is 492 g/mol. The maximum Gasteiger partial charge on any atom is 0.254 e. The molecule has 7 nitrogen and oxygen atoms in total. The fourth-order valence-corrected chi connectivity index (χ4v) is 3.89. The van der Waals surface area contributed by atoms with E-state index < -0.39 is 0 Å². The average molecular weight is 493 g/mol. The Morgan fingerprint density at radius 1 is 0.917 bits per heavy atom. The van der Waals surface area contributed by atoms with Crippen LogP contribution in [0.3, 0.4) is 0 Å². The Balaban J connectivity index is 1.75. The van der Waals surface area contributed by atoms with Gasteiger partial charge in [-0.15, -0.1) is 0 Å². The second-order valence-electron chi connectivity index (χ2n) is 8.57. The summed E-state index contributed by atoms with van der Waals surface area (Å²) in [5.41, 5.74) is 1.66. The van der Waals surface area contributed by atoms with Gasteiger partial charge in [0.2, 0.25) is 5.91 Å². The Morgan fingerprint density at radius 3 is 2.31 bits per heavy atom. The molecule has 0 atom stereocenters. The van der Waals surface area contributed by atoms with Gasteiger partial charge in [-0.1, -0.05) is 30.3 Å². The molecule has 0 radical (unpaired) electrons. The molecule has 1 aromatic heterocycles. The summed E-state index contributed by atoms with van der Waals surface area (Å²) < 4.78 is 16.4. The Kier molecular flexibility index (Phi) is 10.6. The number of amides is 2. The lowest BCUT2D eigenvalue weighted by atomic mass is 10.1. The van der Waals surface area contributed by atoms with Crippen molar-refractivity contribution in [1.29, 1.82) is 0 Å². The van der Waals surface area contributed by atoms with Gasteiger partial charge in [0.1, 0.15) is 23.8 Å². The maximum absolute atomic E-state index is 13.6. The van der Waals surface area contributed by atoms with Crippen LogP contribution in [0.15, 0.2) is 71.1 Å². The lowest BCUT2D eigenvalue weighted by Crippen LogP contribution is -2.44. The van der Waals surface area contributed by atoms with E-state index in [0.717, 1.165) is 17.1 Å². The third-order valence-electron chi connectivity index (χ3n) is 5.88. The SMILES string of the molecule is CCOCCCN(CC(=O)N(CCc1ccccc1)Cc1ccc(C)o1)C(=O)c1ccc(OC)cc1. The smallest absolute Gasteiger partial charge is 0.254 e. The van der Waals surface area contributed by atoms with Crippen LogP contribution in [0.1, 0.15) is 40.8 Å². The number of carbonyl (C=O) groups is 2. The first-order chi connectivity index (χ1) is 17.5. The summed E-state index contributed by atoms with van der Waals surface area (Å²) >= 11 is 0. The van der Waals surface area contributed by atoms with Crippen molar-refractivity contribution in [2.24, 2.45) is 0 Å². The van der Waals surface area contributed by atoms with Crippen LogP contribution in [0, 0.1) is 6.92 Å². The molecule has 192 valence electrons. The highest BCUT2D eigenvalue weighted by molar-refractivity contribution is 5.96. The van der Waals surface area contributed by atoms with Crippen LogP contribution in [0.2, 0.25) is 0 Å².